The molecule has 0 spiro atoms. The summed E-state index contributed by atoms with van der Waals surface area (Å²) in [5, 5.41) is 4.11. The number of ether oxygens (including phenoxy) is 1. The number of hydrogen-bond donors (Lipinski definition) is 1. The lowest BCUT2D eigenvalue weighted by atomic mass is 10.0. The SMILES string of the molecule is COC(=O)C(C)C(C)N[C@H](C)c1ccc(Cl)cc1. The van der Waals surface area contributed by atoms with Gasteiger partial charge in [0.1, 0.15) is 0 Å². The first-order valence-corrected chi connectivity index (χ1v) is 6.42. The van der Waals surface area contributed by atoms with Gasteiger partial charge in [0.05, 0.1) is 13.0 Å². The first kappa shape index (κ1) is 15.0. The van der Waals surface area contributed by atoms with E-state index in [2.05, 4.69) is 12.2 Å². The quantitative estimate of drug-likeness (QED) is 0.835. The van der Waals surface area contributed by atoms with Crippen LogP contribution in [0.2, 0.25) is 5.02 Å². The second-order valence-electron chi connectivity index (χ2n) is 4.54. The van der Waals surface area contributed by atoms with Crippen molar-refractivity contribution < 1.29 is 9.53 Å². The summed E-state index contributed by atoms with van der Waals surface area (Å²) in [6.07, 6.45) is 0. The van der Waals surface area contributed by atoms with Crippen LogP contribution >= 0.6 is 11.6 Å². The monoisotopic (exact) mass is 269 g/mol. The molecule has 1 N–H and O–H groups in total. The molecule has 0 amide bonds. The van der Waals surface area contributed by atoms with Gasteiger partial charge in [-0.15, -0.1) is 0 Å². The summed E-state index contributed by atoms with van der Waals surface area (Å²) in [6, 6.07) is 7.89. The van der Waals surface area contributed by atoms with Crippen LogP contribution in [0.3, 0.4) is 0 Å². The molecule has 1 rings (SSSR count). The molecule has 0 heterocycles. The third-order valence-corrected chi connectivity index (χ3v) is 3.46. The van der Waals surface area contributed by atoms with E-state index in [4.69, 9.17) is 16.3 Å². The number of rotatable bonds is 5. The van der Waals surface area contributed by atoms with Gasteiger partial charge in [0, 0.05) is 17.1 Å². The minimum atomic E-state index is -0.196. The van der Waals surface area contributed by atoms with Crippen LogP contribution in [0, 0.1) is 5.92 Å². The Balaban J connectivity index is 2.61. The third-order valence-electron chi connectivity index (χ3n) is 3.21. The second kappa shape index (κ2) is 6.76. The van der Waals surface area contributed by atoms with Crippen molar-refractivity contribution in [1.82, 2.24) is 5.32 Å². The topological polar surface area (TPSA) is 38.3 Å². The van der Waals surface area contributed by atoms with Crippen molar-refractivity contribution in [2.24, 2.45) is 5.92 Å². The van der Waals surface area contributed by atoms with Crippen molar-refractivity contribution in [1.29, 1.82) is 0 Å². The Kier molecular flexibility index (Phi) is 5.63. The fourth-order valence-electron chi connectivity index (χ4n) is 1.78. The van der Waals surface area contributed by atoms with Gasteiger partial charge in [0.25, 0.3) is 0 Å². The molecule has 0 fully saturated rings. The summed E-state index contributed by atoms with van der Waals surface area (Å²) in [5.41, 5.74) is 1.14. The Morgan fingerprint density at radius 3 is 2.28 bits per heavy atom. The summed E-state index contributed by atoms with van der Waals surface area (Å²) in [6.45, 7) is 5.90. The smallest absolute Gasteiger partial charge is 0.309 e. The Hall–Kier alpha value is -1.06. The van der Waals surface area contributed by atoms with E-state index in [1.165, 1.54) is 7.11 Å². The number of hydrogen-bond acceptors (Lipinski definition) is 3. The van der Waals surface area contributed by atoms with E-state index < -0.39 is 0 Å². The average Bonchev–Trinajstić information content (AvgIpc) is 2.37. The fraction of sp³-hybridized carbons (Fsp3) is 0.500. The van der Waals surface area contributed by atoms with Gasteiger partial charge in [-0.25, -0.2) is 0 Å². The molecule has 0 aliphatic heterocycles. The summed E-state index contributed by atoms with van der Waals surface area (Å²) in [4.78, 5) is 11.4. The normalized spacial score (nSPS) is 15.8. The molecule has 3 nitrogen and oxygen atoms in total. The molecular formula is C14H20ClNO2. The van der Waals surface area contributed by atoms with Gasteiger partial charge >= 0.3 is 5.97 Å². The Labute approximate surface area is 113 Å². The number of carbonyl (C=O) groups excluding carboxylic acids is 1. The van der Waals surface area contributed by atoms with Crippen molar-refractivity contribution >= 4 is 17.6 Å². The van der Waals surface area contributed by atoms with E-state index in [1.54, 1.807) is 0 Å². The molecule has 1 aromatic carbocycles. The molecule has 18 heavy (non-hydrogen) atoms. The lowest BCUT2D eigenvalue weighted by molar-refractivity contribution is -0.145. The highest BCUT2D eigenvalue weighted by molar-refractivity contribution is 6.30. The van der Waals surface area contributed by atoms with Crippen LogP contribution in [0.4, 0.5) is 0 Å². The Bertz CT molecular complexity index is 391. The van der Waals surface area contributed by atoms with Gasteiger partial charge in [0.15, 0.2) is 0 Å². The summed E-state index contributed by atoms with van der Waals surface area (Å²) in [5.74, 6) is -0.372. The second-order valence-corrected chi connectivity index (χ2v) is 4.98. The van der Waals surface area contributed by atoms with Gasteiger partial charge < -0.3 is 10.1 Å². The van der Waals surface area contributed by atoms with Crippen molar-refractivity contribution in [3.8, 4) is 0 Å². The Morgan fingerprint density at radius 1 is 1.22 bits per heavy atom. The standard InChI is InChI=1S/C14H20ClNO2/c1-9(14(17)18-4)10(2)16-11(3)12-5-7-13(15)8-6-12/h5-11,16H,1-4H3/t9?,10?,11-/m1/s1. The van der Waals surface area contributed by atoms with E-state index >= 15 is 0 Å². The average molecular weight is 270 g/mol. The molecular weight excluding hydrogens is 250 g/mol. The molecule has 0 bridgehead atoms. The first-order valence-electron chi connectivity index (χ1n) is 6.05. The highest BCUT2D eigenvalue weighted by atomic mass is 35.5. The number of methoxy groups -OCH3 is 1. The van der Waals surface area contributed by atoms with E-state index in [-0.39, 0.29) is 24.0 Å². The highest BCUT2D eigenvalue weighted by Crippen LogP contribution is 2.18. The van der Waals surface area contributed by atoms with Crippen molar-refractivity contribution in [3.05, 3.63) is 34.9 Å². The summed E-state index contributed by atoms with van der Waals surface area (Å²) in [7, 11) is 1.41. The maximum Gasteiger partial charge on any atom is 0.309 e. The Morgan fingerprint density at radius 2 is 1.78 bits per heavy atom. The maximum absolute atomic E-state index is 11.4. The van der Waals surface area contributed by atoms with Crippen molar-refractivity contribution in [3.63, 3.8) is 0 Å². The predicted octanol–water partition coefficient (Wildman–Crippen LogP) is 3.19. The molecule has 4 heteroatoms. The zero-order valence-electron chi connectivity index (χ0n) is 11.2. The van der Waals surface area contributed by atoms with Crippen LogP contribution in [0.25, 0.3) is 0 Å². The summed E-state index contributed by atoms with van der Waals surface area (Å²) >= 11 is 5.85. The van der Waals surface area contributed by atoms with Crippen molar-refractivity contribution in [2.75, 3.05) is 7.11 Å². The predicted molar refractivity (Wildman–Crippen MR) is 73.6 cm³/mol. The summed E-state index contributed by atoms with van der Waals surface area (Å²) < 4.78 is 4.74. The maximum atomic E-state index is 11.4. The molecule has 0 saturated carbocycles. The van der Waals surface area contributed by atoms with E-state index in [0.29, 0.717) is 0 Å². The largest absolute Gasteiger partial charge is 0.469 e. The molecule has 1 aromatic rings. The number of carbonyl (C=O) groups is 1. The third kappa shape index (κ3) is 4.00. The number of esters is 1. The first-order chi connectivity index (χ1) is 8.45. The van der Waals surface area contributed by atoms with Crippen molar-refractivity contribution in [2.45, 2.75) is 32.9 Å². The molecule has 0 saturated heterocycles. The van der Waals surface area contributed by atoms with Crippen LogP contribution in [0.15, 0.2) is 24.3 Å². The van der Waals surface area contributed by atoms with Crippen LogP contribution < -0.4 is 5.32 Å². The molecule has 0 radical (unpaired) electrons. The minimum absolute atomic E-state index is 0.0446. The van der Waals surface area contributed by atoms with E-state index in [1.807, 2.05) is 38.1 Å². The van der Waals surface area contributed by atoms with Crippen LogP contribution in [0.1, 0.15) is 32.4 Å². The molecule has 2 unspecified atom stereocenters. The lowest BCUT2D eigenvalue weighted by Gasteiger charge is -2.24. The van der Waals surface area contributed by atoms with Gasteiger partial charge in [-0.05, 0) is 31.5 Å². The van der Waals surface area contributed by atoms with Crippen LogP contribution in [-0.4, -0.2) is 19.1 Å². The number of benzene rings is 1. The molecule has 100 valence electrons. The molecule has 0 aliphatic carbocycles. The zero-order chi connectivity index (χ0) is 13.7. The fourth-order valence-corrected chi connectivity index (χ4v) is 1.90. The van der Waals surface area contributed by atoms with E-state index in [0.717, 1.165) is 10.6 Å². The van der Waals surface area contributed by atoms with Gasteiger partial charge in [-0.3, -0.25) is 4.79 Å². The number of nitrogens with one attached hydrogen (secondary N) is 1. The molecule has 3 atom stereocenters. The van der Waals surface area contributed by atoms with Crippen LogP contribution in [-0.2, 0) is 9.53 Å². The van der Waals surface area contributed by atoms with E-state index in [9.17, 15) is 4.79 Å². The molecule has 0 aromatic heterocycles. The zero-order valence-corrected chi connectivity index (χ0v) is 12.0. The van der Waals surface area contributed by atoms with Crippen LogP contribution in [0.5, 0.6) is 0 Å². The highest BCUT2D eigenvalue weighted by Gasteiger charge is 2.22. The molecule has 0 aliphatic rings. The van der Waals surface area contributed by atoms with Gasteiger partial charge in [0.2, 0.25) is 0 Å². The minimum Gasteiger partial charge on any atom is -0.469 e. The number of halogens is 1. The van der Waals surface area contributed by atoms with Gasteiger partial charge in [-0.1, -0.05) is 30.7 Å². The lowest BCUT2D eigenvalue weighted by Crippen LogP contribution is -2.38. The van der Waals surface area contributed by atoms with Gasteiger partial charge in [-0.2, -0.15) is 0 Å².